The van der Waals surface area contributed by atoms with Crippen molar-refractivity contribution in [3.05, 3.63) is 95.6 Å². The van der Waals surface area contributed by atoms with Crippen molar-refractivity contribution >= 4 is 11.9 Å². The third-order valence-electron chi connectivity index (χ3n) is 5.11. The van der Waals surface area contributed by atoms with Crippen LogP contribution in [0.5, 0.6) is 0 Å². The second kappa shape index (κ2) is 10.3. The average molecular weight is 457 g/mol. The van der Waals surface area contributed by atoms with Crippen LogP contribution in [0.15, 0.2) is 78.9 Å². The normalized spacial score (nSPS) is 13.1. The first-order chi connectivity index (χ1) is 15.7. The number of carbonyl (C=O) groups is 2. The lowest BCUT2D eigenvalue weighted by Crippen LogP contribution is -2.45. The van der Waals surface area contributed by atoms with Gasteiger partial charge in [0.2, 0.25) is 0 Å². The minimum atomic E-state index is -4.53. The first-order valence-corrected chi connectivity index (χ1v) is 10.1. The van der Waals surface area contributed by atoms with Gasteiger partial charge in [0.15, 0.2) is 6.10 Å². The maximum absolute atomic E-state index is 12.7. The molecule has 5 nitrogen and oxygen atoms in total. The molecule has 2 N–H and O–H groups in total. The van der Waals surface area contributed by atoms with Crippen LogP contribution in [-0.2, 0) is 26.9 Å². The molecule has 0 aliphatic rings. The number of esters is 1. The molecule has 0 saturated carbocycles. The lowest BCUT2D eigenvalue weighted by atomic mass is 10.00. The van der Waals surface area contributed by atoms with Gasteiger partial charge < -0.3 is 15.2 Å². The zero-order chi connectivity index (χ0) is 24.0. The summed E-state index contributed by atoms with van der Waals surface area (Å²) < 4.78 is 42.9. The van der Waals surface area contributed by atoms with Gasteiger partial charge >= 0.3 is 12.1 Å². The Morgan fingerprint density at radius 1 is 0.909 bits per heavy atom. The van der Waals surface area contributed by atoms with Crippen molar-refractivity contribution in [2.24, 2.45) is 0 Å². The van der Waals surface area contributed by atoms with Crippen molar-refractivity contribution in [2.75, 3.05) is 7.11 Å². The van der Waals surface area contributed by atoms with Gasteiger partial charge in [-0.3, -0.25) is 4.79 Å². The minimum Gasteiger partial charge on any atom is -0.467 e. The lowest BCUT2D eigenvalue weighted by molar-refractivity contribution is -0.146. The number of amides is 1. The molecule has 0 aliphatic heterocycles. The Hall–Kier alpha value is -3.65. The van der Waals surface area contributed by atoms with E-state index in [0.29, 0.717) is 0 Å². The zero-order valence-corrected chi connectivity index (χ0v) is 17.7. The third kappa shape index (κ3) is 6.20. The van der Waals surface area contributed by atoms with E-state index in [-0.39, 0.29) is 12.0 Å². The van der Waals surface area contributed by atoms with Gasteiger partial charge in [-0.2, -0.15) is 13.2 Å². The van der Waals surface area contributed by atoms with Crippen LogP contribution in [0.1, 0.15) is 22.8 Å². The average Bonchev–Trinajstić information content (AvgIpc) is 2.83. The van der Waals surface area contributed by atoms with E-state index in [9.17, 15) is 27.9 Å². The van der Waals surface area contributed by atoms with Crippen LogP contribution >= 0.6 is 0 Å². The molecule has 2 atom stereocenters. The minimum absolute atomic E-state index is 0.0312. The fourth-order valence-electron chi connectivity index (χ4n) is 3.29. The van der Waals surface area contributed by atoms with Gasteiger partial charge in [0.1, 0.15) is 6.04 Å². The van der Waals surface area contributed by atoms with Crippen LogP contribution in [0, 0.1) is 0 Å². The summed E-state index contributed by atoms with van der Waals surface area (Å²) in [5.74, 6) is -1.64. The summed E-state index contributed by atoms with van der Waals surface area (Å²) >= 11 is 0. The second-order valence-electron chi connectivity index (χ2n) is 7.37. The largest absolute Gasteiger partial charge is 0.467 e. The summed E-state index contributed by atoms with van der Waals surface area (Å²) in [5, 5.41) is 12.7. The molecule has 3 aromatic rings. The van der Waals surface area contributed by atoms with Crippen LogP contribution in [0.4, 0.5) is 13.2 Å². The molecule has 33 heavy (non-hydrogen) atoms. The third-order valence-corrected chi connectivity index (χ3v) is 5.11. The molecule has 0 saturated heterocycles. The highest BCUT2D eigenvalue weighted by Gasteiger charge is 2.31. The topological polar surface area (TPSA) is 75.6 Å². The summed E-state index contributed by atoms with van der Waals surface area (Å²) in [5.41, 5.74) is 1.83. The summed E-state index contributed by atoms with van der Waals surface area (Å²) in [6.45, 7) is 0. The number of hydrogen-bond acceptors (Lipinski definition) is 4. The van der Waals surface area contributed by atoms with E-state index in [4.69, 9.17) is 4.74 Å². The fourth-order valence-corrected chi connectivity index (χ4v) is 3.29. The monoisotopic (exact) mass is 457 g/mol. The Balaban J connectivity index is 1.70. The number of ether oxygens (including phenoxy) is 1. The number of halogens is 3. The van der Waals surface area contributed by atoms with Crippen LogP contribution in [-0.4, -0.2) is 30.1 Å². The van der Waals surface area contributed by atoms with E-state index >= 15 is 0 Å². The van der Waals surface area contributed by atoms with E-state index in [1.165, 1.54) is 7.11 Å². The number of aliphatic hydroxyl groups is 1. The summed E-state index contributed by atoms with van der Waals surface area (Å²) in [7, 11) is 1.17. The molecule has 1 amide bonds. The van der Waals surface area contributed by atoms with Crippen LogP contribution in [0.3, 0.4) is 0 Å². The van der Waals surface area contributed by atoms with E-state index in [1.54, 1.807) is 0 Å². The molecule has 0 radical (unpaired) electrons. The quantitative estimate of drug-likeness (QED) is 0.519. The molecule has 0 unspecified atom stereocenters. The molecule has 0 aromatic heterocycles. The highest BCUT2D eigenvalue weighted by atomic mass is 19.4. The first-order valence-electron chi connectivity index (χ1n) is 10.1. The van der Waals surface area contributed by atoms with Crippen LogP contribution in [0.25, 0.3) is 11.1 Å². The van der Waals surface area contributed by atoms with E-state index in [2.05, 4.69) is 5.32 Å². The van der Waals surface area contributed by atoms with Gasteiger partial charge in [0.05, 0.1) is 12.7 Å². The predicted octanol–water partition coefficient (Wildman–Crippen LogP) is 4.31. The van der Waals surface area contributed by atoms with Gasteiger partial charge in [-0.15, -0.1) is 0 Å². The summed E-state index contributed by atoms with van der Waals surface area (Å²) in [6, 6.07) is 19.6. The number of nitrogens with one attached hydrogen (secondary N) is 1. The van der Waals surface area contributed by atoms with Crippen molar-refractivity contribution in [2.45, 2.75) is 24.7 Å². The molecule has 3 rings (SSSR count). The van der Waals surface area contributed by atoms with Crippen LogP contribution < -0.4 is 5.32 Å². The fraction of sp³-hybridized carbons (Fsp3) is 0.200. The van der Waals surface area contributed by atoms with Crippen molar-refractivity contribution in [1.29, 1.82) is 0 Å². The SMILES string of the molecule is COC(=O)[C@H](Cc1ccc(-c2ccccc2)cc1)NC(=O)[C@H](O)c1ccc(C(F)(F)F)cc1. The smallest absolute Gasteiger partial charge is 0.416 e. The molecular formula is C25H22F3NO4. The molecule has 172 valence electrons. The van der Waals surface area contributed by atoms with Gasteiger partial charge in [0.25, 0.3) is 5.91 Å². The number of hydrogen-bond donors (Lipinski definition) is 2. The van der Waals surface area contributed by atoms with Gasteiger partial charge in [-0.25, -0.2) is 4.79 Å². The number of methoxy groups -OCH3 is 1. The van der Waals surface area contributed by atoms with Crippen molar-refractivity contribution in [1.82, 2.24) is 5.32 Å². The first kappa shape index (κ1) is 24.0. The summed E-state index contributed by atoms with van der Waals surface area (Å²) in [4.78, 5) is 24.7. The molecule has 8 heteroatoms. The number of aliphatic hydroxyl groups excluding tert-OH is 1. The predicted molar refractivity (Wildman–Crippen MR) is 116 cm³/mol. The van der Waals surface area contributed by atoms with Crippen LogP contribution in [0.2, 0.25) is 0 Å². The Morgan fingerprint density at radius 3 is 2.03 bits per heavy atom. The number of carbonyl (C=O) groups excluding carboxylic acids is 2. The van der Waals surface area contributed by atoms with Gasteiger partial charge in [0, 0.05) is 6.42 Å². The molecule has 0 fully saturated rings. The van der Waals surface area contributed by atoms with E-state index < -0.39 is 35.8 Å². The molecule has 0 aliphatic carbocycles. The molecule has 0 bridgehead atoms. The highest BCUT2D eigenvalue weighted by molar-refractivity contribution is 5.87. The van der Waals surface area contributed by atoms with Crippen molar-refractivity contribution in [3.8, 4) is 11.1 Å². The van der Waals surface area contributed by atoms with Crippen molar-refractivity contribution in [3.63, 3.8) is 0 Å². The maximum Gasteiger partial charge on any atom is 0.416 e. The standard InChI is InChI=1S/C25H22F3NO4/c1-33-24(32)21(15-16-7-9-18(10-8-16)17-5-3-2-4-6-17)29-23(31)22(30)19-11-13-20(14-12-19)25(26,27)28/h2-14,21-22,30H,15H2,1H3,(H,29,31)/t21-,22+/m0/s1. The van der Waals surface area contributed by atoms with E-state index in [1.807, 2.05) is 54.6 Å². The zero-order valence-electron chi connectivity index (χ0n) is 17.7. The Kier molecular flexibility index (Phi) is 7.50. The highest BCUT2D eigenvalue weighted by Crippen LogP contribution is 2.30. The van der Waals surface area contributed by atoms with Gasteiger partial charge in [-0.05, 0) is 34.4 Å². The number of benzene rings is 3. The lowest BCUT2D eigenvalue weighted by Gasteiger charge is -2.19. The number of alkyl halides is 3. The molecular weight excluding hydrogens is 435 g/mol. The Labute approximate surface area is 188 Å². The Bertz CT molecular complexity index is 1080. The molecule has 0 heterocycles. The number of rotatable bonds is 7. The second-order valence-corrected chi connectivity index (χ2v) is 7.37. The summed E-state index contributed by atoms with van der Waals surface area (Å²) in [6.07, 6.45) is -6.18. The maximum atomic E-state index is 12.7. The Morgan fingerprint density at radius 2 is 1.48 bits per heavy atom. The molecule has 0 spiro atoms. The van der Waals surface area contributed by atoms with Gasteiger partial charge in [-0.1, -0.05) is 66.7 Å². The van der Waals surface area contributed by atoms with Crippen molar-refractivity contribution < 1.29 is 32.6 Å². The van der Waals surface area contributed by atoms with E-state index in [0.717, 1.165) is 41.0 Å². The molecule has 3 aromatic carbocycles.